The minimum absolute atomic E-state index is 0.0850. The summed E-state index contributed by atoms with van der Waals surface area (Å²) in [6.45, 7) is 6.45. The van der Waals surface area contributed by atoms with Gasteiger partial charge in [0, 0.05) is 19.3 Å². The lowest BCUT2D eigenvalue weighted by Crippen LogP contribution is -2.61. The van der Waals surface area contributed by atoms with E-state index in [4.69, 9.17) is 0 Å². The first-order valence-electron chi connectivity index (χ1n) is 6.91. The fourth-order valence-electron chi connectivity index (χ4n) is 2.45. The molecule has 0 aromatic carbocycles. The summed E-state index contributed by atoms with van der Waals surface area (Å²) in [5.74, 6) is -0.303. The second-order valence-corrected chi connectivity index (χ2v) is 7.43. The van der Waals surface area contributed by atoms with Crippen molar-refractivity contribution in [2.75, 3.05) is 26.2 Å². The Labute approximate surface area is 124 Å². The van der Waals surface area contributed by atoms with E-state index in [-0.39, 0.29) is 29.6 Å². The van der Waals surface area contributed by atoms with Gasteiger partial charge in [0.15, 0.2) is 0 Å². The maximum atomic E-state index is 12.3. The quantitative estimate of drug-likeness (QED) is 0.814. The Morgan fingerprint density at radius 1 is 1.43 bits per heavy atom. The van der Waals surface area contributed by atoms with E-state index in [0.29, 0.717) is 13.1 Å². The number of carbonyl (C=O) groups is 1. The number of aromatic amines is 1. The third-order valence-corrected chi connectivity index (χ3v) is 5.61. The molecule has 2 N–H and O–H groups in total. The maximum absolute atomic E-state index is 12.3. The lowest BCUT2D eigenvalue weighted by Gasteiger charge is -2.43. The normalized spacial score (nSPS) is 17.9. The fourth-order valence-corrected chi connectivity index (χ4v) is 3.90. The minimum atomic E-state index is -3.57. The van der Waals surface area contributed by atoms with Crippen LogP contribution in [-0.2, 0) is 10.0 Å². The van der Waals surface area contributed by atoms with Crippen LogP contribution in [0.1, 0.15) is 31.3 Å². The van der Waals surface area contributed by atoms with Gasteiger partial charge >= 0.3 is 0 Å². The van der Waals surface area contributed by atoms with Gasteiger partial charge in [-0.3, -0.25) is 4.79 Å². The molecule has 1 aromatic heterocycles. The van der Waals surface area contributed by atoms with Gasteiger partial charge in [-0.2, -0.15) is 4.31 Å². The summed E-state index contributed by atoms with van der Waals surface area (Å²) in [4.78, 5) is 16.4. The Bertz CT molecular complexity index is 624. The zero-order chi connectivity index (χ0) is 15.8. The molecule has 0 saturated carbocycles. The van der Waals surface area contributed by atoms with Crippen molar-refractivity contribution in [3.8, 4) is 0 Å². The van der Waals surface area contributed by atoms with Crippen molar-refractivity contribution in [3.05, 3.63) is 18.0 Å². The van der Waals surface area contributed by atoms with E-state index in [1.807, 2.05) is 0 Å². The monoisotopic (exact) mass is 315 g/mol. The van der Waals surface area contributed by atoms with E-state index in [1.165, 1.54) is 21.5 Å². The van der Waals surface area contributed by atoms with Gasteiger partial charge in [0.1, 0.15) is 10.6 Å². The molecule has 1 fully saturated rings. The molecule has 7 nitrogen and oxygen atoms in total. The molecule has 1 amide bonds. The third kappa shape index (κ3) is 2.97. The van der Waals surface area contributed by atoms with E-state index < -0.39 is 15.6 Å². The molecule has 0 aliphatic carbocycles. The molecule has 8 heteroatoms. The van der Waals surface area contributed by atoms with Gasteiger partial charge in [0.2, 0.25) is 10.0 Å². The van der Waals surface area contributed by atoms with Crippen LogP contribution in [-0.4, -0.2) is 65.4 Å². The molecule has 0 atom stereocenters. The Kier molecular flexibility index (Phi) is 4.14. The Balaban J connectivity index is 2.17. The molecule has 0 bridgehead atoms. The predicted molar refractivity (Wildman–Crippen MR) is 77.4 cm³/mol. The molecule has 2 rings (SSSR count). The number of β-amino-alcohol motifs (C(OH)–C–C–N with tert-alkyl or cyclic N) is 1. The number of H-pyrrole nitrogens is 1. The molecule has 1 saturated heterocycles. The molecule has 1 aliphatic heterocycles. The number of nitrogens with zero attached hydrogens (tertiary/aromatic N) is 2. The summed E-state index contributed by atoms with van der Waals surface area (Å²) in [6.07, 6.45) is 1.33. The number of hydrogen-bond donors (Lipinski definition) is 2. The van der Waals surface area contributed by atoms with E-state index in [2.05, 4.69) is 4.98 Å². The van der Waals surface area contributed by atoms with Gasteiger partial charge in [0.25, 0.3) is 5.91 Å². The second-order valence-electron chi connectivity index (χ2n) is 5.50. The van der Waals surface area contributed by atoms with Crippen LogP contribution in [0.15, 0.2) is 17.2 Å². The van der Waals surface area contributed by atoms with Gasteiger partial charge in [-0.05, 0) is 13.0 Å². The van der Waals surface area contributed by atoms with E-state index in [9.17, 15) is 18.3 Å². The number of hydrogen-bond acceptors (Lipinski definition) is 4. The molecule has 1 aromatic rings. The molecular weight excluding hydrogens is 294 g/mol. The Morgan fingerprint density at radius 3 is 2.48 bits per heavy atom. The number of carbonyl (C=O) groups excluding carboxylic acids is 1. The zero-order valence-electron chi connectivity index (χ0n) is 12.5. The topological polar surface area (TPSA) is 93.7 Å². The van der Waals surface area contributed by atoms with Gasteiger partial charge < -0.3 is 15.0 Å². The van der Waals surface area contributed by atoms with Crippen LogP contribution < -0.4 is 0 Å². The zero-order valence-corrected chi connectivity index (χ0v) is 13.3. The van der Waals surface area contributed by atoms with Crippen molar-refractivity contribution < 1.29 is 18.3 Å². The molecule has 0 radical (unpaired) electrons. The maximum Gasteiger partial charge on any atom is 0.270 e. The summed E-state index contributed by atoms with van der Waals surface area (Å²) in [5, 5.41) is 9.64. The number of nitrogens with one attached hydrogen (secondary N) is 1. The van der Waals surface area contributed by atoms with Gasteiger partial charge in [-0.25, -0.2) is 8.42 Å². The summed E-state index contributed by atoms with van der Waals surface area (Å²) < 4.78 is 26.0. The largest absolute Gasteiger partial charge is 0.386 e. The number of likely N-dealkylation sites (tertiary alicyclic amines) is 1. The lowest BCUT2D eigenvalue weighted by molar-refractivity contribution is -0.0670. The third-order valence-electron chi connectivity index (χ3n) is 3.58. The van der Waals surface area contributed by atoms with E-state index >= 15 is 0 Å². The highest BCUT2D eigenvalue weighted by Crippen LogP contribution is 2.23. The first-order chi connectivity index (χ1) is 9.71. The van der Waals surface area contributed by atoms with Gasteiger partial charge in [0.05, 0.1) is 18.7 Å². The summed E-state index contributed by atoms with van der Waals surface area (Å²) in [7, 11) is -3.57. The van der Waals surface area contributed by atoms with Crippen LogP contribution in [0.5, 0.6) is 0 Å². The number of aromatic nitrogens is 1. The molecule has 21 heavy (non-hydrogen) atoms. The number of amides is 1. The van der Waals surface area contributed by atoms with Crippen molar-refractivity contribution in [1.82, 2.24) is 14.2 Å². The molecule has 1 aliphatic rings. The highest BCUT2D eigenvalue weighted by molar-refractivity contribution is 7.89. The van der Waals surface area contributed by atoms with Crippen LogP contribution in [0.3, 0.4) is 0 Å². The van der Waals surface area contributed by atoms with Crippen molar-refractivity contribution in [2.24, 2.45) is 0 Å². The lowest BCUT2D eigenvalue weighted by atomic mass is 9.97. The van der Waals surface area contributed by atoms with Crippen molar-refractivity contribution >= 4 is 15.9 Å². The Morgan fingerprint density at radius 2 is 2.00 bits per heavy atom. The van der Waals surface area contributed by atoms with Crippen molar-refractivity contribution in [3.63, 3.8) is 0 Å². The van der Waals surface area contributed by atoms with Crippen molar-refractivity contribution in [1.29, 1.82) is 0 Å². The second kappa shape index (κ2) is 5.43. The van der Waals surface area contributed by atoms with Crippen LogP contribution in [0, 0.1) is 0 Å². The van der Waals surface area contributed by atoms with Crippen LogP contribution >= 0.6 is 0 Å². The molecular formula is C13H21N3O4S. The van der Waals surface area contributed by atoms with Crippen LogP contribution in [0.4, 0.5) is 0 Å². The van der Waals surface area contributed by atoms with Crippen LogP contribution in [0.25, 0.3) is 0 Å². The average molecular weight is 315 g/mol. The smallest absolute Gasteiger partial charge is 0.270 e. The molecule has 0 spiro atoms. The van der Waals surface area contributed by atoms with Crippen molar-refractivity contribution in [2.45, 2.75) is 31.3 Å². The number of rotatable bonds is 5. The fraction of sp³-hybridized carbons (Fsp3) is 0.615. The highest BCUT2D eigenvalue weighted by atomic mass is 32.2. The molecule has 0 unspecified atom stereocenters. The van der Waals surface area contributed by atoms with Gasteiger partial charge in [-0.15, -0.1) is 0 Å². The molecule has 2 heterocycles. The number of aliphatic hydroxyl groups is 1. The standard InChI is InChI=1S/C13H21N3O4S/c1-4-16(5-2)21(19,20)10-6-11(14-7-10)12(17)15-8-13(3,18)9-15/h6-7,14,18H,4-5,8-9H2,1-3H3. The first-order valence-corrected chi connectivity index (χ1v) is 8.35. The predicted octanol–water partition coefficient (Wildman–Crippen LogP) is 0.252. The summed E-state index contributed by atoms with van der Waals surface area (Å²) in [5.41, 5.74) is -0.630. The SMILES string of the molecule is CCN(CC)S(=O)(=O)c1c[nH]c(C(=O)N2CC(C)(O)C2)c1. The number of sulfonamides is 1. The molecule has 118 valence electrons. The van der Waals surface area contributed by atoms with E-state index in [1.54, 1.807) is 20.8 Å². The first kappa shape index (κ1) is 16.0. The van der Waals surface area contributed by atoms with Crippen LogP contribution in [0.2, 0.25) is 0 Å². The highest BCUT2D eigenvalue weighted by Gasteiger charge is 2.40. The minimum Gasteiger partial charge on any atom is -0.386 e. The van der Waals surface area contributed by atoms with Gasteiger partial charge in [-0.1, -0.05) is 13.8 Å². The van der Waals surface area contributed by atoms with E-state index in [0.717, 1.165) is 0 Å². The summed E-state index contributed by atoms with van der Waals surface area (Å²) >= 11 is 0. The average Bonchev–Trinajstić information content (AvgIpc) is 2.86. The Hall–Kier alpha value is -1.38. The summed E-state index contributed by atoms with van der Waals surface area (Å²) in [6, 6.07) is 1.35.